The molecule has 0 spiro atoms. The van der Waals surface area contributed by atoms with E-state index in [1.807, 2.05) is 6.07 Å². The van der Waals surface area contributed by atoms with Crippen LogP contribution in [0.1, 0.15) is 15.9 Å². The number of rotatable bonds is 3. The highest BCUT2D eigenvalue weighted by Crippen LogP contribution is 2.04. The zero-order valence-electron chi connectivity index (χ0n) is 6.53. The number of aldehydes is 1. The molecule has 12 heavy (non-hydrogen) atoms. The number of halogens is 1. The van der Waals surface area contributed by atoms with Crippen LogP contribution >= 0.6 is 0 Å². The van der Waals surface area contributed by atoms with E-state index in [0.29, 0.717) is 18.3 Å². The van der Waals surface area contributed by atoms with E-state index in [0.717, 1.165) is 11.8 Å². The Morgan fingerprint density at radius 3 is 2.92 bits per heavy atom. The van der Waals surface area contributed by atoms with Gasteiger partial charge in [-0.05, 0) is 18.1 Å². The molecule has 1 aromatic rings. The van der Waals surface area contributed by atoms with E-state index >= 15 is 0 Å². The Balaban J connectivity index is 2.79. The van der Waals surface area contributed by atoms with Crippen molar-refractivity contribution in [1.82, 2.24) is 0 Å². The van der Waals surface area contributed by atoms with Crippen LogP contribution in [-0.4, -0.2) is 6.29 Å². The molecule has 0 saturated carbocycles. The molecule has 0 aromatic heterocycles. The summed E-state index contributed by atoms with van der Waals surface area (Å²) in [6.07, 6.45) is 3.22. The molecule has 0 heterocycles. The highest BCUT2D eigenvalue weighted by atomic mass is 19.1. The maximum absolute atomic E-state index is 11.6. The summed E-state index contributed by atoms with van der Waals surface area (Å²) in [5.41, 5.74) is 1.56. The Morgan fingerprint density at radius 1 is 1.42 bits per heavy atom. The predicted molar refractivity (Wildman–Crippen MR) is 45.8 cm³/mol. The lowest BCUT2D eigenvalue weighted by Crippen LogP contribution is -1.84. The highest BCUT2D eigenvalue weighted by Gasteiger charge is 1.91. The quantitative estimate of drug-likeness (QED) is 0.627. The Kier molecular flexibility index (Phi) is 3.20. The first-order valence-electron chi connectivity index (χ1n) is 3.66. The van der Waals surface area contributed by atoms with Gasteiger partial charge in [-0.3, -0.25) is 4.79 Å². The van der Waals surface area contributed by atoms with Crippen molar-refractivity contribution in [2.24, 2.45) is 0 Å². The molecule has 0 aliphatic rings. The van der Waals surface area contributed by atoms with Gasteiger partial charge in [-0.1, -0.05) is 24.3 Å². The van der Waals surface area contributed by atoms with Gasteiger partial charge >= 0.3 is 0 Å². The van der Waals surface area contributed by atoms with Crippen LogP contribution in [0.2, 0.25) is 0 Å². The minimum atomic E-state index is 0.508. The van der Waals surface area contributed by atoms with E-state index in [-0.39, 0.29) is 0 Å². The van der Waals surface area contributed by atoms with E-state index in [1.165, 1.54) is 6.08 Å². The van der Waals surface area contributed by atoms with Crippen LogP contribution in [0, 0.1) is 0 Å². The molecule has 0 unspecified atom stereocenters. The van der Waals surface area contributed by atoms with Crippen LogP contribution < -0.4 is 0 Å². The Hall–Kier alpha value is -1.44. The number of carbonyl (C=O) groups is 1. The molecule has 0 N–H and O–H groups in total. The van der Waals surface area contributed by atoms with Crippen molar-refractivity contribution >= 4 is 6.29 Å². The largest absolute Gasteiger partial charge is 0.298 e. The normalized spacial score (nSPS) is 10.4. The van der Waals surface area contributed by atoms with Crippen molar-refractivity contribution in [2.75, 3.05) is 0 Å². The first-order chi connectivity index (χ1) is 5.86. The van der Waals surface area contributed by atoms with Gasteiger partial charge in [0, 0.05) is 5.56 Å². The SMILES string of the molecule is O=Cc1cccc(CC=CF)c1. The van der Waals surface area contributed by atoms with E-state index < -0.39 is 0 Å². The zero-order chi connectivity index (χ0) is 8.81. The van der Waals surface area contributed by atoms with Crippen molar-refractivity contribution in [3.63, 3.8) is 0 Å². The monoisotopic (exact) mass is 164 g/mol. The summed E-state index contributed by atoms with van der Waals surface area (Å²) in [7, 11) is 0. The Morgan fingerprint density at radius 2 is 2.25 bits per heavy atom. The molecule has 0 radical (unpaired) electrons. The lowest BCUT2D eigenvalue weighted by molar-refractivity contribution is 0.112. The van der Waals surface area contributed by atoms with Gasteiger partial charge in [0.2, 0.25) is 0 Å². The van der Waals surface area contributed by atoms with Crippen LogP contribution in [0.3, 0.4) is 0 Å². The molecule has 0 aliphatic heterocycles. The van der Waals surface area contributed by atoms with Gasteiger partial charge in [0.05, 0.1) is 6.33 Å². The van der Waals surface area contributed by atoms with Gasteiger partial charge < -0.3 is 0 Å². The van der Waals surface area contributed by atoms with Crippen molar-refractivity contribution in [1.29, 1.82) is 0 Å². The second-order valence-electron chi connectivity index (χ2n) is 2.43. The average Bonchev–Trinajstić information content (AvgIpc) is 2.15. The maximum Gasteiger partial charge on any atom is 0.150 e. The second kappa shape index (κ2) is 4.44. The summed E-state index contributed by atoms with van der Waals surface area (Å²) in [5.74, 6) is 0. The van der Waals surface area contributed by atoms with Crippen molar-refractivity contribution in [3.8, 4) is 0 Å². The molecule has 0 atom stereocenters. The van der Waals surface area contributed by atoms with E-state index in [9.17, 15) is 9.18 Å². The third-order valence-electron chi connectivity index (χ3n) is 1.53. The van der Waals surface area contributed by atoms with Crippen LogP contribution in [0.15, 0.2) is 36.7 Å². The molecule has 0 bridgehead atoms. The number of hydrogen-bond acceptors (Lipinski definition) is 1. The van der Waals surface area contributed by atoms with Crippen molar-refractivity contribution in [3.05, 3.63) is 47.8 Å². The van der Waals surface area contributed by atoms with Gasteiger partial charge in [0.1, 0.15) is 6.29 Å². The summed E-state index contributed by atoms with van der Waals surface area (Å²) in [5, 5.41) is 0. The predicted octanol–water partition coefficient (Wildman–Crippen LogP) is 2.52. The third-order valence-corrected chi connectivity index (χ3v) is 1.53. The number of carbonyl (C=O) groups excluding carboxylic acids is 1. The van der Waals surface area contributed by atoms with E-state index in [4.69, 9.17) is 0 Å². The van der Waals surface area contributed by atoms with Crippen LogP contribution in [0.5, 0.6) is 0 Å². The zero-order valence-corrected chi connectivity index (χ0v) is 6.53. The average molecular weight is 164 g/mol. The summed E-state index contributed by atoms with van der Waals surface area (Å²) >= 11 is 0. The van der Waals surface area contributed by atoms with Crippen LogP contribution in [0.4, 0.5) is 4.39 Å². The first kappa shape index (κ1) is 8.65. The number of benzene rings is 1. The summed E-state index contributed by atoms with van der Waals surface area (Å²) in [6.45, 7) is 0. The molecule has 0 amide bonds. The highest BCUT2D eigenvalue weighted by molar-refractivity contribution is 5.74. The third kappa shape index (κ3) is 2.31. The first-order valence-corrected chi connectivity index (χ1v) is 3.66. The molecule has 0 saturated heterocycles. The summed E-state index contributed by atoms with van der Waals surface area (Å²) < 4.78 is 11.6. The van der Waals surface area contributed by atoms with Crippen molar-refractivity contribution in [2.45, 2.75) is 6.42 Å². The Labute approximate surface area is 70.5 Å². The molecule has 2 heteroatoms. The lowest BCUT2D eigenvalue weighted by Gasteiger charge is -1.95. The van der Waals surface area contributed by atoms with E-state index in [1.54, 1.807) is 18.2 Å². The molecular formula is C10H9FO. The fraction of sp³-hybridized carbons (Fsp3) is 0.100. The van der Waals surface area contributed by atoms with Crippen LogP contribution in [0.25, 0.3) is 0 Å². The number of hydrogen-bond donors (Lipinski definition) is 0. The van der Waals surface area contributed by atoms with Crippen molar-refractivity contribution < 1.29 is 9.18 Å². The minimum Gasteiger partial charge on any atom is -0.298 e. The molecule has 1 rings (SSSR count). The topological polar surface area (TPSA) is 17.1 Å². The minimum absolute atomic E-state index is 0.508. The van der Waals surface area contributed by atoms with E-state index in [2.05, 4.69) is 0 Å². The molecular weight excluding hydrogens is 155 g/mol. The lowest BCUT2D eigenvalue weighted by atomic mass is 10.1. The Bertz CT molecular complexity index is 292. The molecule has 1 nitrogen and oxygen atoms in total. The standard InChI is InChI=1S/C10H9FO/c11-6-2-5-9-3-1-4-10(7-9)8-12/h1-4,6-8H,5H2. The molecule has 62 valence electrons. The van der Waals surface area contributed by atoms with Gasteiger partial charge in [-0.25, -0.2) is 4.39 Å². The second-order valence-corrected chi connectivity index (χ2v) is 2.43. The van der Waals surface area contributed by atoms with Gasteiger partial charge in [0.15, 0.2) is 0 Å². The van der Waals surface area contributed by atoms with Gasteiger partial charge in [-0.2, -0.15) is 0 Å². The smallest absolute Gasteiger partial charge is 0.150 e. The summed E-state index contributed by atoms with van der Waals surface area (Å²) in [4.78, 5) is 10.3. The molecule has 1 aromatic carbocycles. The fourth-order valence-electron chi connectivity index (χ4n) is 0.974. The van der Waals surface area contributed by atoms with Gasteiger partial charge in [0.25, 0.3) is 0 Å². The number of allylic oxidation sites excluding steroid dienone is 1. The summed E-state index contributed by atoms with van der Waals surface area (Å²) in [6, 6.07) is 7.10. The van der Waals surface area contributed by atoms with Gasteiger partial charge in [-0.15, -0.1) is 0 Å². The fourth-order valence-corrected chi connectivity index (χ4v) is 0.974. The maximum atomic E-state index is 11.6. The molecule has 0 fully saturated rings. The van der Waals surface area contributed by atoms with Crippen LogP contribution in [-0.2, 0) is 6.42 Å². The molecule has 0 aliphatic carbocycles.